The van der Waals surface area contributed by atoms with Crippen LogP contribution in [-0.4, -0.2) is 23.6 Å². The van der Waals surface area contributed by atoms with E-state index in [1.54, 1.807) is 57.2 Å². The summed E-state index contributed by atoms with van der Waals surface area (Å²) in [6.45, 7) is 11.6. The minimum atomic E-state index is -0.693. The number of nitrogens with zero attached hydrogens (tertiary/aromatic N) is 1. The van der Waals surface area contributed by atoms with Crippen molar-refractivity contribution in [1.82, 2.24) is 5.32 Å². The van der Waals surface area contributed by atoms with E-state index >= 15 is 0 Å². The van der Waals surface area contributed by atoms with Crippen molar-refractivity contribution in [2.45, 2.75) is 52.6 Å². The van der Waals surface area contributed by atoms with Crippen LogP contribution in [0.4, 0.5) is 21.0 Å². The zero-order valence-electron chi connectivity index (χ0n) is 18.6. The van der Waals surface area contributed by atoms with Crippen molar-refractivity contribution in [2.75, 3.05) is 9.62 Å². The number of amides is 4. The van der Waals surface area contributed by atoms with Gasteiger partial charge in [-0.3, -0.25) is 15.4 Å². The number of rotatable bonds is 3. The zero-order valence-corrected chi connectivity index (χ0v) is 19.5. The molecule has 0 fully saturated rings. The molecule has 0 aliphatic rings. The molecule has 0 saturated carbocycles. The van der Waals surface area contributed by atoms with E-state index in [-0.39, 0.29) is 5.41 Å². The van der Waals surface area contributed by atoms with Gasteiger partial charge in [0.2, 0.25) is 0 Å². The van der Waals surface area contributed by atoms with Crippen LogP contribution in [0.5, 0.6) is 0 Å². The van der Waals surface area contributed by atoms with E-state index in [0.717, 1.165) is 9.87 Å². The van der Waals surface area contributed by atoms with Gasteiger partial charge in [-0.05, 0) is 68.1 Å². The fourth-order valence-electron chi connectivity index (χ4n) is 2.57. The van der Waals surface area contributed by atoms with Gasteiger partial charge in [0.1, 0.15) is 5.60 Å². The van der Waals surface area contributed by atoms with E-state index in [2.05, 4.69) is 44.2 Å². The Kier molecular flexibility index (Phi) is 7.38. The third kappa shape index (κ3) is 7.32. The molecule has 0 radical (unpaired) electrons. The molecule has 0 bridgehead atoms. The van der Waals surface area contributed by atoms with Gasteiger partial charge in [0.25, 0.3) is 5.91 Å². The summed E-state index contributed by atoms with van der Waals surface area (Å²) in [5, 5.41) is 4.91. The average Bonchev–Trinajstić information content (AvgIpc) is 2.65. The topological polar surface area (TPSA) is 87.7 Å². The van der Waals surface area contributed by atoms with E-state index < -0.39 is 23.6 Å². The zero-order chi connectivity index (χ0) is 23.4. The molecule has 166 valence electrons. The first-order valence-electron chi connectivity index (χ1n) is 9.81. The van der Waals surface area contributed by atoms with Gasteiger partial charge in [-0.25, -0.2) is 13.9 Å². The number of imide groups is 1. The highest BCUT2D eigenvalue weighted by Crippen LogP contribution is 2.23. The standard InChI is InChI=1S/C23H29N3O4S/c1-22(2,3)16-9-7-15(8-10-16)19(27)25-20(28)26(31)18-13-11-17(12-14-18)24-21(29)30-23(4,5)6/h7-14,31H,1-6H3,(H,24,29)(H,25,27,28). The summed E-state index contributed by atoms with van der Waals surface area (Å²) in [6, 6.07) is 12.8. The Morgan fingerprint density at radius 3 is 1.90 bits per heavy atom. The smallest absolute Gasteiger partial charge is 0.412 e. The monoisotopic (exact) mass is 443 g/mol. The van der Waals surface area contributed by atoms with Gasteiger partial charge < -0.3 is 4.74 Å². The minimum absolute atomic E-state index is 0.0305. The van der Waals surface area contributed by atoms with Crippen LogP contribution in [0.1, 0.15) is 57.5 Å². The predicted molar refractivity (Wildman–Crippen MR) is 126 cm³/mol. The number of carbonyl (C=O) groups is 3. The highest BCUT2D eigenvalue weighted by atomic mass is 32.1. The van der Waals surface area contributed by atoms with Crippen LogP contribution in [0, 0.1) is 0 Å². The van der Waals surface area contributed by atoms with E-state index in [9.17, 15) is 14.4 Å². The SMILES string of the molecule is CC(C)(C)OC(=O)Nc1ccc(N(S)C(=O)NC(=O)c2ccc(C(C)(C)C)cc2)cc1. The summed E-state index contributed by atoms with van der Waals surface area (Å²) in [7, 11) is 0. The van der Waals surface area contributed by atoms with Crippen molar-refractivity contribution in [3.8, 4) is 0 Å². The first-order valence-corrected chi connectivity index (χ1v) is 10.2. The second kappa shape index (κ2) is 9.43. The molecule has 8 heteroatoms. The number of nitrogens with one attached hydrogen (secondary N) is 2. The quantitative estimate of drug-likeness (QED) is 0.544. The summed E-state index contributed by atoms with van der Waals surface area (Å²) in [6.07, 6.45) is -0.580. The van der Waals surface area contributed by atoms with Gasteiger partial charge in [0.05, 0.1) is 5.69 Å². The van der Waals surface area contributed by atoms with Crippen molar-refractivity contribution in [3.63, 3.8) is 0 Å². The molecule has 4 amide bonds. The summed E-state index contributed by atoms with van der Waals surface area (Å²) in [5.74, 6) is -0.521. The number of urea groups is 1. The number of carbonyl (C=O) groups excluding carboxylic acids is 3. The van der Waals surface area contributed by atoms with Crippen LogP contribution in [0.15, 0.2) is 48.5 Å². The lowest BCUT2D eigenvalue weighted by Crippen LogP contribution is -2.38. The number of benzene rings is 2. The largest absolute Gasteiger partial charge is 0.444 e. The summed E-state index contributed by atoms with van der Waals surface area (Å²) in [5.41, 5.74) is 1.74. The van der Waals surface area contributed by atoms with Crippen molar-refractivity contribution in [3.05, 3.63) is 59.7 Å². The van der Waals surface area contributed by atoms with Gasteiger partial charge >= 0.3 is 12.1 Å². The van der Waals surface area contributed by atoms with Crippen molar-refractivity contribution in [2.24, 2.45) is 0 Å². The van der Waals surface area contributed by atoms with Gasteiger partial charge in [0, 0.05) is 11.3 Å². The maximum Gasteiger partial charge on any atom is 0.412 e. The van der Waals surface area contributed by atoms with Crippen LogP contribution in [0.3, 0.4) is 0 Å². The summed E-state index contributed by atoms with van der Waals surface area (Å²) < 4.78 is 6.20. The molecule has 31 heavy (non-hydrogen) atoms. The third-order valence-electron chi connectivity index (χ3n) is 4.18. The Morgan fingerprint density at radius 2 is 1.42 bits per heavy atom. The fourth-order valence-corrected chi connectivity index (χ4v) is 2.75. The Hall–Kier alpha value is -3.00. The van der Waals surface area contributed by atoms with Crippen LogP contribution >= 0.6 is 12.8 Å². The van der Waals surface area contributed by atoms with E-state index in [0.29, 0.717) is 16.9 Å². The number of anilines is 2. The van der Waals surface area contributed by atoms with E-state index in [1.165, 1.54) is 0 Å². The third-order valence-corrected chi connectivity index (χ3v) is 4.60. The van der Waals surface area contributed by atoms with E-state index in [4.69, 9.17) is 4.74 Å². The van der Waals surface area contributed by atoms with Crippen LogP contribution in [0.2, 0.25) is 0 Å². The van der Waals surface area contributed by atoms with Gasteiger partial charge in [0.15, 0.2) is 0 Å². The van der Waals surface area contributed by atoms with Gasteiger partial charge in [-0.2, -0.15) is 0 Å². The number of hydrogen-bond acceptors (Lipinski definition) is 5. The number of hydrogen-bond donors (Lipinski definition) is 3. The number of ether oxygens (including phenoxy) is 1. The molecule has 0 aliphatic carbocycles. The molecule has 0 aliphatic heterocycles. The first-order chi connectivity index (χ1) is 14.3. The normalized spacial score (nSPS) is 11.5. The lowest BCUT2D eigenvalue weighted by Gasteiger charge is -2.20. The lowest BCUT2D eigenvalue weighted by atomic mass is 9.87. The molecular formula is C23H29N3O4S. The highest BCUT2D eigenvalue weighted by Gasteiger charge is 2.19. The first kappa shape index (κ1) is 24.3. The molecule has 0 spiro atoms. The molecule has 2 N–H and O–H groups in total. The highest BCUT2D eigenvalue weighted by molar-refractivity contribution is 7.82. The Labute approximate surface area is 188 Å². The fraction of sp³-hybridized carbons (Fsp3) is 0.348. The van der Waals surface area contributed by atoms with Gasteiger partial charge in [-0.15, -0.1) is 0 Å². The van der Waals surface area contributed by atoms with Crippen molar-refractivity contribution < 1.29 is 19.1 Å². The maximum atomic E-state index is 12.4. The number of thiol groups is 1. The molecule has 0 atom stereocenters. The maximum absolute atomic E-state index is 12.4. The minimum Gasteiger partial charge on any atom is -0.444 e. The Morgan fingerprint density at radius 1 is 0.871 bits per heavy atom. The molecule has 0 saturated heterocycles. The molecular weight excluding hydrogens is 414 g/mol. The van der Waals surface area contributed by atoms with Crippen LogP contribution in [0.25, 0.3) is 0 Å². The second-order valence-corrected chi connectivity index (χ2v) is 9.47. The molecule has 7 nitrogen and oxygen atoms in total. The lowest BCUT2D eigenvalue weighted by molar-refractivity contribution is 0.0635. The van der Waals surface area contributed by atoms with Crippen molar-refractivity contribution in [1.29, 1.82) is 0 Å². The molecule has 2 rings (SSSR count). The molecule has 2 aromatic carbocycles. The van der Waals surface area contributed by atoms with Crippen molar-refractivity contribution >= 4 is 42.2 Å². The Balaban J connectivity index is 1.98. The van der Waals surface area contributed by atoms with Crippen LogP contribution < -0.4 is 14.9 Å². The average molecular weight is 444 g/mol. The Bertz CT molecular complexity index is 943. The second-order valence-electron chi connectivity index (χ2n) is 9.07. The van der Waals surface area contributed by atoms with E-state index in [1.807, 2.05) is 12.1 Å². The summed E-state index contributed by atoms with van der Waals surface area (Å²) >= 11 is 4.17. The predicted octanol–water partition coefficient (Wildman–Crippen LogP) is 5.53. The molecule has 0 aromatic heterocycles. The molecule has 2 aromatic rings. The molecule has 0 unspecified atom stereocenters. The summed E-state index contributed by atoms with van der Waals surface area (Å²) in [4.78, 5) is 36.6. The van der Waals surface area contributed by atoms with Crippen LogP contribution in [-0.2, 0) is 10.2 Å². The molecule has 0 heterocycles. The van der Waals surface area contributed by atoms with Gasteiger partial charge in [-0.1, -0.05) is 45.7 Å².